The summed E-state index contributed by atoms with van der Waals surface area (Å²) >= 11 is 0. The molecule has 9 atom stereocenters. The van der Waals surface area contributed by atoms with Crippen LogP contribution in [0.15, 0.2) is 30.3 Å². The number of aliphatic carboxylic acids is 1. The molecule has 0 saturated carbocycles. The van der Waals surface area contributed by atoms with Gasteiger partial charge in [0.2, 0.25) is 23.4 Å². The number of methoxy groups -OCH3 is 2. The SMILES string of the molecule is CCC(C)[C@@H]([C@@H](CC(=O)N1CCC[C@H]1C(OC)[C@@H](C)C(=O)N[C@@H](Cc1ccccc1)C(=O)O)OC)N(C)C(=O)[C@@H](NC(=O)C1(F)CCNC1)C(C)C. The molecule has 1 aromatic carbocycles. The van der Waals surface area contributed by atoms with Crippen molar-refractivity contribution in [1.82, 2.24) is 25.8 Å². The molecule has 2 aliphatic heterocycles. The Labute approximate surface area is 307 Å². The van der Waals surface area contributed by atoms with E-state index in [1.165, 1.54) is 19.1 Å². The molecule has 3 unspecified atom stereocenters. The van der Waals surface area contributed by atoms with Crippen LogP contribution < -0.4 is 16.0 Å². The third-order valence-corrected chi connectivity index (χ3v) is 10.9. The summed E-state index contributed by atoms with van der Waals surface area (Å²) in [6.07, 6.45) is 0.585. The number of rotatable bonds is 19. The number of carboxylic acid groups (broad SMARTS) is 1. The van der Waals surface area contributed by atoms with Gasteiger partial charge >= 0.3 is 5.97 Å². The second kappa shape index (κ2) is 19.5. The second-order valence-electron chi connectivity index (χ2n) is 14.8. The summed E-state index contributed by atoms with van der Waals surface area (Å²) in [7, 11) is 4.60. The van der Waals surface area contributed by atoms with Gasteiger partial charge in [-0.1, -0.05) is 71.4 Å². The van der Waals surface area contributed by atoms with Gasteiger partial charge in [0.25, 0.3) is 5.91 Å². The highest BCUT2D eigenvalue weighted by atomic mass is 19.1. The van der Waals surface area contributed by atoms with Crippen molar-refractivity contribution in [3.63, 3.8) is 0 Å². The fourth-order valence-electron chi connectivity index (χ4n) is 7.52. The van der Waals surface area contributed by atoms with Gasteiger partial charge in [0.1, 0.15) is 12.1 Å². The Morgan fingerprint density at radius 3 is 2.29 bits per heavy atom. The van der Waals surface area contributed by atoms with Crippen LogP contribution in [-0.4, -0.2) is 127 Å². The van der Waals surface area contributed by atoms with Crippen molar-refractivity contribution in [1.29, 1.82) is 0 Å². The number of nitrogens with one attached hydrogen (secondary N) is 3. The van der Waals surface area contributed by atoms with Crippen molar-refractivity contribution in [2.24, 2.45) is 17.8 Å². The number of likely N-dealkylation sites (N-methyl/N-ethyl adjacent to an activating group) is 1. The van der Waals surface area contributed by atoms with Crippen LogP contribution in [0.2, 0.25) is 0 Å². The van der Waals surface area contributed by atoms with Crippen molar-refractivity contribution in [2.45, 2.75) is 115 Å². The molecule has 0 aliphatic carbocycles. The number of hydrogen-bond donors (Lipinski definition) is 4. The van der Waals surface area contributed by atoms with Gasteiger partial charge in [-0.25, -0.2) is 9.18 Å². The number of hydrogen-bond acceptors (Lipinski definition) is 8. The number of alkyl halides is 1. The Morgan fingerprint density at radius 2 is 1.75 bits per heavy atom. The van der Waals surface area contributed by atoms with E-state index in [1.807, 2.05) is 19.9 Å². The first-order valence-corrected chi connectivity index (χ1v) is 18.5. The van der Waals surface area contributed by atoms with Crippen molar-refractivity contribution < 1.29 is 42.9 Å². The fraction of sp³-hybridized carbons (Fsp3) is 0.711. The van der Waals surface area contributed by atoms with Crippen molar-refractivity contribution in [3.05, 3.63) is 35.9 Å². The molecule has 0 radical (unpaired) electrons. The number of halogens is 1. The Hall–Kier alpha value is -3.62. The van der Waals surface area contributed by atoms with E-state index < -0.39 is 71.7 Å². The molecule has 2 heterocycles. The first kappa shape index (κ1) is 42.8. The van der Waals surface area contributed by atoms with E-state index in [0.29, 0.717) is 32.4 Å². The first-order chi connectivity index (χ1) is 24.6. The molecule has 13 nitrogen and oxygen atoms in total. The van der Waals surface area contributed by atoms with Crippen LogP contribution in [0.1, 0.15) is 72.3 Å². The molecule has 52 heavy (non-hydrogen) atoms. The van der Waals surface area contributed by atoms with E-state index >= 15 is 4.39 Å². The smallest absolute Gasteiger partial charge is 0.326 e. The maximum absolute atomic E-state index is 15.3. The zero-order valence-corrected chi connectivity index (χ0v) is 32.0. The average molecular weight is 734 g/mol. The third-order valence-electron chi connectivity index (χ3n) is 10.9. The van der Waals surface area contributed by atoms with Gasteiger partial charge < -0.3 is 40.3 Å². The predicted octanol–water partition coefficient (Wildman–Crippen LogP) is 2.56. The number of carbonyl (C=O) groups excluding carboxylic acids is 4. The van der Waals surface area contributed by atoms with E-state index in [1.54, 1.807) is 57.0 Å². The molecule has 2 aliphatic rings. The summed E-state index contributed by atoms with van der Waals surface area (Å²) in [6.45, 7) is 9.89. The van der Waals surface area contributed by atoms with Crippen molar-refractivity contribution in [2.75, 3.05) is 40.9 Å². The van der Waals surface area contributed by atoms with Crippen LogP contribution >= 0.6 is 0 Å². The standard InChI is InChI=1S/C38H60FN5O8/c1-9-24(4)32(43(6)35(47)31(23(2)3)42-37(50)38(39)17-18-40-22-38)29(51-7)21-30(45)44-19-13-16-28(44)33(52-8)25(5)34(46)41-27(36(48)49)20-26-14-11-10-12-15-26/h10-12,14-15,23-25,27-29,31-33,40H,9,13,16-22H2,1-8H3,(H,41,46)(H,42,50)(H,48,49)/t24?,25-,27+,28+,29-,31+,32+,33?,38?/m1/s1. The van der Waals surface area contributed by atoms with Crippen molar-refractivity contribution in [3.8, 4) is 0 Å². The van der Waals surface area contributed by atoms with E-state index in [0.717, 1.165) is 5.56 Å². The van der Waals surface area contributed by atoms with Gasteiger partial charge in [-0.05, 0) is 36.8 Å². The molecule has 4 amide bonds. The van der Waals surface area contributed by atoms with E-state index in [4.69, 9.17) is 9.47 Å². The highest BCUT2D eigenvalue weighted by Gasteiger charge is 2.46. The minimum Gasteiger partial charge on any atom is -0.480 e. The molecule has 14 heteroatoms. The zero-order chi connectivity index (χ0) is 38.7. The summed E-state index contributed by atoms with van der Waals surface area (Å²) in [5.41, 5.74) is -1.32. The zero-order valence-electron chi connectivity index (χ0n) is 32.0. The van der Waals surface area contributed by atoms with E-state index in [2.05, 4.69) is 16.0 Å². The Bertz CT molecular complexity index is 1360. The van der Waals surface area contributed by atoms with Gasteiger partial charge in [0, 0.05) is 47.2 Å². The lowest BCUT2D eigenvalue weighted by atomic mass is 9.89. The van der Waals surface area contributed by atoms with Crippen LogP contribution in [0.4, 0.5) is 4.39 Å². The topological polar surface area (TPSA) is 167 Å². The highest BCUT2D eigenvalue weighted by Crippen LogP contribution is 2.30. The maximum atomic E-state index is 15.3. The lowest BCUT2D eigenvalue weighted by molar-refractivity contribution is -0.148. The van der Waals surface area contributed by atoms with Gasteiger partial charge in [0.15, 0.2) is 0 Å². The van der Waals surface area contributed by atoms with Gasteiger partial charge in [-0.15, -0.1) is 0 Å². The molecule has 2 saturated heterocycles. The highest BCUT2D eigenvalue weighted by molar-refractivity contribution is 5.92. The number of nitrogens with zero attached hydrogens (tertiary/aromatic N) is 2. The number of likely N-dealkylation sites (tertiary alicyclic amines) is 1. The van der Waals surface area contributed by atoms with Crippen LogP contribution in [0.5, 0.6) is 0 Å². The third kappa shape index (κ3) is 10.5. The summed E-state index contributed by atoms with van der Waals surface area (Å²) < 4.78 is 27.0. The lowest BCUT2D eigenvalue weighted by Crippen LogP contribution is -2.59. The average Bonchev–Trinajstić information content (AvgIpc) is 3.80. The van der Waals surface area contributed by atoms with Crippen LogP contribution in [-0.2, 0) is 39.9 Å². The normalized spacial score (nSPS) is 22.9. The number of ether oxygens (including phenoxy) is 2. The molecule has 4 N–H and O–H groups in total. The molecule has 2 fully saturated rings. The fourth-order valence-corrected chi connectivity index (χ4v) is 7.52. The molecule has 0 spiro atoms. The largest absolute Gasteiger partial charge is 0.480 e. The molecular weight excluding hydrogens is 673 g/mol. The summed E-state index contributed by atoms with van der Waals surface area (Å²) in [6, 6.07) is 5.90. The Kier molecular flexibility index (Phi) is 16.0. The van der Waals surface area contributed by atoms with Crippen LogP contribution in [0.3, 0.4) is 0 Å². The quantitative estimate of drug-likeness (QED) is 0.167. The van der Waals surface area contributed by atoms with Crippen LogP contribution in [0, 0.1) is 17.8 Å². The molecule has 3 rings (SSSR count). The summed E-state index contributed by atoms with van der Waals surface area (Å²) in [4.78, 5) is 69.8. The number of carboxylic acids is 1. The number of carbonyl (C=O) groups is 5. The molecular formula is C38H60FN5O8. The minimum absolute atomic E-state index is 0.0268. The number of amides is 4. The molecule has 292 valence electrons. The minimum atomic E-state index is -2.09. The maximum Gasteiger partial charge on any atom is 0.326 e. The first-order valence-electron chi connectivity index (χ1n) is 18.5. The van der Waals surface area contributed by atoms with E-state index in [-0.39, 0.29) is 43.6 Å². The summed E-state index contributed by atoms with van der Waals surface area (Å²) in [5, 5.41) is 18.0. The van der Waals surface area contributed by atoms with Crippen molar-refractivity contribution >= 4 is 29.6 Å². The van der Waals surface area contributed by atoms with Gasteiger partial charge in [0.05, 0.1) is 36.6 Å². The van der Waals surface area contributed by atoms with Crippen LogP contribution in [0.25, 0.3) is 0 Å². The summed E-state index contributed by atoms with van der Waals surface area (Å²) in [5.74, 6) is -4.31. The molecule has 0 bridgehead atoms. The number of benzene rings is 1. The molecule has 1 aromatic rings. The van der Waals surface area contributed by atoms with Gasteiger partial charge in [-0.3, -0.25) is 19.2 Å². The monoisotopic (exact) mass is 733 g/mol. The Balaban J connectivity index is 1.76. The van der Waals surface area contributed by atoms with Gasteiger partial charge in [-0.2, -0.15) is 0 Å². The second-order valence-corrected chi connectivity index (χ2v) is 14.8. The lowest BCUT2D eigenvalue weighted by Gasteiger charge is -2.41. The predicted molar refractivity (Wildman–Crippen MR) is 194 cm³/mol. The molecule has 0 aromatic heterocycles. The van der Waals surface area contributed by atoms with E-state index in [9.17, 15) is 29.1 Å². The Morgan fingerprint density at radius 1 is 1.08 bits per heavy atom.